The molecule has 1 rings (SSSR count). The van der Waals surface area contributed by atoms with E-state index < -0.39 is 6.10 Å². The summed E-state index contributed by atoms with van der Waals surface area (Å²) in [4.78, 5) is 0. The number of rotatable bonds is 0. The molecule has 1 N–H and O–H groups in total. The summed E-state index contributed by atoms with van der Waals surface area (Å²) in [5, 5.41) is 8.84. The summed E-state index contributed by atoms with van der Waals surface area (Å²) in [6, 6.07) is 0. The Labute approximate surface area is 48.2 Å². The molecule has 0 radical (unpaired) electrons. The van der Waals surface area contributed by atoms with Gasteiger partial charge in [0, 0.05) is 0 Å². The summed E-state index contributed by atoms with van der Waals surface area (Å²) in [7, 11) is 0. The lowest BCUT2D eigenvalue weighted by molar-refractivity contribution is 0.0426. The van der Waals surface area contributed by atoms with Crippen LogP contribution in [0.5, 0.6) is 0 Å². The van der Waals surface area contributed by atoms with Crippen LogP contribution in [0.15, 0.2) is 0 Å². The molecule has 3 heteroatoms. The average Bonchev–Trinajstić information content (AvgIpc) is 1.94. The van der Waals surface area contributed by atoms with Crippen molar-refractivity contribution in [3.8, 4) is 0 Å². The molecule has 1 aliphatic rings. The third-order valence-electron chi connectivity index (χ3n) is 0.992. The highest BCUT2D eigenvalue weighted by atomic mass is 16.5. The van der Waals surface area contributed by atoms with Gasteiger partial charge >= 0.3 is 0 Å². The number of ether oxygens (including phenoxy) is 2. The molecule has 0 aliphatic carbocycles. The highest BCUT2D eigenvalue weighted by Crippen LogP contribution is 1.92. The van der Waals surface area contributed by atoms with Crippen molar-refractivity contribution in [2.45, 2.75) is 6.10 Å². The van der Waals surface area contributed by atoms with Crippen LogP contribution in [0.25, 0.3) is 0 Å². The van der Waals surface area contributed by atoms with Gasteiger partial charge in [-0.15, -0.1) is 0 Å². The summed E-state index contributed by atoms with van der Waals surface area (Å²) in [5.41, 5.74) is 0. The third kappa shape index (κ3) is 1.78. The fraction of sp³-hybridized carbons (Fsp3) is 1.00. The van der Waals surface area contributed by atoms with Gasteiger partial charge in [0.2, 0.25) is 0 Å². The summed E-state index contributed by atoms with van der Waals surface area (Å²) >= 11 is 0. The van der Waals surface area contributed by atoms with Crippen molar-refractivity contribution < 1.29 is 14.6 Å². The van der Waals surface area contributed by atoms with Crippen LogP contribution in [0.1, 0.15) is 0 Å². The molecule has 1 aliphatic heterocycles. The highest BCUT2D eigenvalue weighted by molar-refractivity contribution is 4.53. The van der Waals surface area contributed by atoms with Gasteiger partial charge in [-0.25, -0.2) is 0 Å². The minimum Gasteiger partial charge on any atom is -0.388 e. The molecule has 0 amide bonds. The van der Waals surface area contributed by atoms with Crippen LogP contribution >= 0.6 is 0 Å². The molecule has 0 spiro atoms. The second kappa shape index (κ2) is 3.02. The van der Waals surface area contributed by atoms with E-state index in [4.69, 9.17) is 14.6 Å². The summed E-state index contributed by atoms with van der Waals surface area (Å²) in [5.74, 6) is 0. The predicted octanol–water partition coefficient (Wildman–Crippen LogP) is -0.606. The molecule has 0 atom stereocenters. The SMILES string of the molecule is OC1COCCOC1. The minimum atomic E-state index is -0.419. The molecule has 48 valence electrons. The third-order valence-corrected chi connectivity index (χ3v) is 0.992. The van der Waals surface area contributed by atoms with Crippen LogP contribution in [0.4, 0.5) is 0 Å². The predicted molar refractivity (Wildman–Crippen MR) is 27.6 cm³/mol. The van der Waals surface area contributed by atoms with Crippen LogP contribution < -0.4 is 0 Å². The number of hydrogen-bond acceptors (Lipinski definition) is 3. The Kier molecular flexibility index (Phi) is 2.27. The van der Waals surface area contributed by atoms with Crippen LogP contribution in [0.2, 0.25) is 0 Å². The molecule has 0 unspecified atom stereocenters. The number of hydrogen-bond donors (Lipinski definition) is 1. The van der Waals surface area contributed by atoms with Crippen molar-refractivity contribution in [3.05, 3.63) is 0 Å². The Morgan fingerprint density at radius 2 is 1.62 bits per heavy atom. The molecular formula is C5H10O3. The first-order valence-corrected chi connectivity index (χ1v) is 2.73. The van der Waals surface area contributed by atoms with Gasteiger partial charge in [0.1, 0.15) is 6.10 Å². The molecular weight excluding hydrogens is 108 g/mol. The maximum atomic E-state index is 8.84. The lowest BCUT2D eigenvalue weighted by Crippen LogP contribution is -2.17. The molecule has 0 saturated carbocycles. The fourth-order valence-electron chi connectivity index (χ4n) is 0.605. The lowest BCUT2D eigenvalue weighted by atomic mass is 10.4. The van der Waals surface area contributed by atoms with Gasteiger partial charge in [-0.3, -0.25) is 0 Å². The Bertz CT molecular complexity index is 56.7. The Morgan fingerprint density at radius 3 is 2.12 bits per heavy atom. The van der Waals surface area contributed by atoms with Gasteiger partial charge in [-0.2, -0.15) is 0 Å². The zero-order valence-corrected chi connectivity index (χ0v) is 4.67. The largest absolute Gasteiger partial charge is 0.388 e. The molecule has 0 aromatic rings. The van der Waals surface area contributed by atoms with Crippen LogP contribution in [0.3, 0.4) is 0 Å². The van der Waals surface area contributed by atoms with Crippen molar-refractivity contribution in [1.29, 1.82) is 0 Å². The van der Waals surface area contributed by atoms with Crippen molar-refractivity contribution >= 4 is 0 Å². The second-order valence-electron chi connectivity index (χ2n) is 1.80. The number of aliphatic hydroxyl groups excluding tert-OH is 1. The molecule has 1 heterocycles. The Hall–Kier alpha value is -0.120. The van der Waals surface area contributed by atoms with E-state index in [-0.39, 0.29) is 0 Å². The molecule has 0 aromatic heterocycles. The van der Waals surface area contributed by atoms with Gasteiger partial charge in [-0.05, 0) is 0 Å². The second-order valence-corrected chi connectivity index (χ2v) is 1.80. The van der Waals surface area contributed by atoms with E-state index in [1.165, 1.54) is 0 Å². The van der Waals surface area contributed by atoms with Crippen molar-refractivity contribution in [2.75, 3.05) is 26.4 Å². The van der Waals surface area contributed by atoms with E-state index in [2.05, 4.69) is 0 Å². The Balaban J connectivity index is 2.17. The van der Waals surface area contributed by atoms with Crippen molar-refractivity contribution in [3.63, 3.8) is 0 Å². The monoisotopic (exact) mass is 118 g/mol. The van der Waals surface area contributed by atoms with E-state index in [0.29, 0.717) is 26.4 Å². The zero-order valence-electron chi connectivity index (χ0n) is 4.67. The van der Waals surface area contributed by atoms with E-state index in [0.717, 1.165) is 0 Å². The number of aliphatic hydroxyl groups is 1. The Morgan fingerprint density at radius 1 is 1.12 bits per heavy atom. The van der Waals surface area contributed by atoms with Crippen molar-refractivity contribution in [1.82, 2.24) is 0 Å². The molecule has 0 aromatic carbocycles. The van der Waals surface area contributed by atoms with E-state index >= 15 is 0 Å². The van der Waals surface area contributed by atoms with Gasteiger partial charge in [0.15, 0.2) is 0 Å². The van der Waals surface area contributed by atoms with Gasteiger partial charge in [0.25, 0.3) is 0 Å². The first-order valence-electron chi connectivity index (χ1n) is 2.73. The zero-order chi connectivity index (χ0) is 5.82. The topological polar surface area (TPSA) is 38.7 Å². The smallest absolute Gasteiger partial charge is 0.101 e. The minimum absolute atomic E-state index is 0.417. The van der Waals surface area contributed by atoms with Crippen molar-refractivity contribution in [2.24, 2.45) is 0 Å². The average molecular weight is 118 g/mol. The lowest BCUT2D eigenvalue weighted by Gasteiger charge is -2.02. The standard InChI is InChI=1S/C5H10O3/c6-5-3-7-1-2-8-4-5/h5-6H,1-4H2. The van der Waals surface area contributed by atoms with E-state index in [1.807, 2.05) is 0 Å². The van der Waals surface area contributed by atoms with E-state index in [1.54, 1.807) is 0 Å². The summed E-state index contributed by atoms with van der Waals surface area (Å²) in [6.45, 7) is 2.05. The van der Waals surface area contributed by atoms with Gasteiger partial charge in [-0.1, -0.05) is 0 Å². The molecule has 3 nitrogen and oxygen atoms in total. The molecule has 0 bridgehead atoms. The first-order chi connectivity index (χ1) is 3.89. The molecule has 1 fully saturated rings. The quantitative estimate of drug-likeness (QED) is 0.461. The van der Waals surface area contributed by atoms with Crippen LogP contribution in [-0.2, 0) is 9.47 Å². The summed E-state index contributed by atoms with van der Waals surface area (Å²) in [6.07, 6.45) is -0.419. The normalized spacial score (nSPS) is 25.1. The van der Waals surface area contributed by atoms with Crippen LogP contribution in [0, 0.1) is 0 Å². The van der Waals surface area contributed by atoms with Crippen LogP contribution in [-0.4, -0.2) is 37.6 Å². The van der Waals surface area contributed by atoms with Gasteiger partial charge < -0.3 is 14.6 Å². The highest BCUT2D eigenvalue weighted by Gasteiger charge is 2.07. The maximum Gasteiger partial charge on any atom is 0.101 e. The molecule has 1 saturated heterocycles. The molecule has 8 heavy (non-hydrogen) atoms. The fourth-order valence-corrected chi connectivity index (χ4v) is 0.605. The van der Waals surface area contributed by atoms with Gasteiger partial charge in [0.05, 0.1) is 26.4 Å². The summed E-state index contributed by atoms with van der Waals surface area (Å²) < 4.78 is 9.86. The maximum absolute atomic E-state index is 8.84. The van der Waals surface area contributed by atoms with E-state index in [9.17, 15) is 0 Å². The first kappa shape index (κ1) is 6.01.